The van der Waals surface area contributed by atoms with Crippen LogP contribution in [-0.4, -0.2) is 18.4 Å². The normalized spacial score (nSPS) is 12.7. The van der Waals surface area contributed by atoms with E-state index in [1.165, 1.54) is 6.26 Å². The summed E-state index contributed by atoms with van der Waals surface area (Å²) in [4.78, 5) is 26.6. The molecule has 1 aliphatic rings. The van der Waals surface area contributed by atoms with Crippen LogP contribution in [-0.2, 0) is 17.6 Å². The lowest BCUT2D eigenvalue weighted by molar-refractivity contribution is -0.115. The second-order valence-corrected chi connectivity index (χ2v) is 6.74. The highest BCUT2D eigenvalue weighted by molar-refractivity contribution is 6.05. The molecule has 1 N–H and O–H groups in total. The minimum Gasteiger partial charge on any atom is -0.459 e. The van der Waals surface area contributed by atoms with E-state index in [-0.39, 0.29) is 11.8 Å². The van der Waals surface area contributed by atoms with Crippen LogP contribution >= 0.6 is 0 Å². The Balaban J connectivity index is 1.46. The predicted molar refractivity (Wildman–Crippen MR) is 104 cm³/mol. The molecule has 1 aromatic heterocycles. The molecule has 2 heterocycles. The molecule has 0 saturated carbocycles. The van der Waals surface area contributed by atoms with Crippen LogP contribution in [0.15, 0.2) is 65.3 Å². The molecule has 0 spiro atoms. The third-order valence-electron chi connectivity index (χ3n) is 4.68. The van der Waals surface area contributed by atoms with Crippen molar-refractivity contribution in [3.8, 4) is 0 Å². The van der Waals surface area contributed by atoms with Gasteiger partial charge in [-0.15, -0.1) is 0 Å². The molecule has 0 saturated heterocycles. The molecule has 2 aromatic carbocycles. The van der Waals surface area contributed by atoms with Gasteiger partial charge in [0, 0.05) is 17.9 Å². The summed E-state index contributed by atoms with van der Waals surface area (Å²) < 4.78 is 5.22. The monoisotopic (exact) mass is 360 g/mol. The van der Waals surface area contributed by atoms with E-state index in [1.807, 2.05) is 49.4 Å². The van der Waals surface area contributed by atoms with Crippen molar-refractivity contribution < 1.29 is 14.0 Å². The summed E-state index contributed by atoms with van der Waals surface area (Å²) in [5.74, 6) is 0.135. The molecule has 0 atom stereocenters. The SMILES string of the molecule is Cc1cccc(CC(=O)Nc2ccc3c(c2)CCN3C(=O)c2ccco2)c1. The van der Waals surface area contributed by atoms with Gasteiger partial charge in [-0.25, -0.2) is 0 Å². The zero-order chi connectivity index (χ0) is 18.8. The fourth-order valence-electron chi connectivity index (χ4n) is 3.44. The minimum absolute atomic E-state index is 0.0536. The number of hydrogen-bond acceptors (Lipinski definition) is 3. The van der Waals surface area contributed by atoms with Crippen LogP contribution in [0.25, 0.3) is 0 Å². The lowest BCUT2D eigenvalue weighted by Crippen LogP contribution is -2.28. The molecule has 0 bridgehead atoms. The van der Waals surface area contributed by atoms with Gasteiger partial charge in [-0.05, 0) is 54.8 Å². The fourth-order valence-corrected chi connectivity index (χ4v) is 3.44. The summed E-state index contributed by atoms with van der Waals surface area (Å²) in [6.07, 6.45) is 2.59. The van der Waals surface area contributed by atoms with E-state index in [0.29, 0.717) is 18.7 Å². The molecule has 5 heteroatoms. The Morgan fingerprint density at radius 2 is 2.00 bits per heavy atom. The first-order valence-electron chi connectivity index (χ1n) is 8.94. The standard InChI is InChI=1S/C22H20N2O3/c1-15-4-2-5-16(12-15)13-21(25)23-18-7-8-19-17(14-18)9-10-24(19)22(26)20-6-3-11-27-20/h2-8,11-12,14H,9-10,13H2,1H3,(H,23,25). The van der Waals surface area contributed by atoms with Crippen molar-refractivity contribution in [3.63, 3.8) is 0 Å². The molecule has 4 rings (SSSR count). The van der Waals surface area contributed by atoms with Crippen LogP contribution in [0.2, 0.25) is 0 Å². The molecular formula is C22H20N2O3. The number of fused-ring (bicyclic) bond motifs is 1. The van der Waals surface area contributed by atoms with Crippen molar-refractivity contribution in [2.75, 3.05) is 16.8 Å². The maximum absolute atomic E-state index is 12.5. The van der Waals surface area contributed by atoms with E-state index in [1.54, 1.807) is 17.0 Å². The lowest BCUT2D eigenvalue weighted by atomic mass is 10.1. The third kappa shape index (κ3) is 3.62. The number of aryl methyl sites for hydroxylation is 1. The first kappa shape index (κ1) is 17.1. The van der Waals surface area contributed by atoms with Gasteiger partial charge in [0.15, 0.2) is 5.76 Å². The lowest BCUT2D eigenvalue weighted by Gasteiger charge is -2.16. The topological polar surface area (TPSA) is 62.6 Å². The van der Waals surface area contributed by atoms with Crippen LogP contribution in [0, 0.1) is 6.92 Å². The van der Waals surface area contributed by atoms with E-state index in [4.69, 9.17) is 4.42 Å². The number of rotatable bonds is 4. The molecule has 0 fully saturated rings. The highest BCUT2D eigenvalue weighted by atomic mass is 16.3. The number of benzene rings is 2. The van der Waals surface area contributed by atoms with Crippen molar-refractivity contribution in [2.24, 2.45) is 0 Å². The molecule has 2 amide bonds. The zero-order valence-electron chi connectivity index (χ0n) is 15.1. The number of nitrogens with one attached hydrogen (secondary N) is 1. The molecule has 5 nitrogen and oxygen atoms in total. The summed E-state index contributed by atoms with van der Waals surface area (Å²) in [5.41, 5.74) is 4.79. The highest BCUT2D eigenvalue weighted by Crippen LogP contribution is 2.31. The second kappa shape index (κ2) is 7.11. The van der Waals surface area contributed by atoms with E-state index >= 15 is 0 Å². The number of amides is 2. The van der Waals surface area contributed by atoms with Crippen molar-refractivity contribution in [1.82, 2.24) is 0 Å². The fraction of sp³-hybridized carbons (Fsp3) is 0.182. The minimum atomic E-state index is -0.144. The van der Waals surface area contributed by atoms with E-state index in [2.05, 4.69) is 5.32 Å². The number of anilines is 2. The molecule has 136 valence electrons. The van der Waals surface area contributed by atoms with Gasteiger partial charge in [0.25, 0.3) is 5.91 Å². The van der Waals surface area contributed by atoms with E-state index in [9.17, 15) is 9.59 Å². The molecule has 0 aliphatic carbocycles. The predicted octanol–water partition coefficient (Wildman–Crippen LogP) is 3.97. The number of nitrogens with zero attached hydrogens (tertiary/aromatic N) is 1. The van der Waals surface area contributed by atoms with Crippen LogP contribution in [0.1, 0.15) is 27.2 Å². The van der Waals surface area contributed by atoms with Crippen LogP contribution in [0.4, 0.5) is 11.4 Å². The van der Waals surface area contributed by atoms with Gasteiger partial charge in [-0.1, -0.05) is 29.8 Å². The summed E-state index contributed by atoms with van der Waals surface area (Å²) >= 11 is 0. The molecule has 27 heavy (non-hydrogen) atoms. The van der Waals surface area contributed by atoms with Gasteiger partial charge in [0.2, 0.25) is 5.91 Å². The Kier molecular flexibility index (Phi) is 4.50. The van der Waals surface area contributed by atoms with Crippen molar-refractivity contribution in [3.05, 3.63) is 83.3 Å². The first-order valence-corrected chi connectivity index (χ1v) is 8.94. The van der Waals surface area contributed by atoms with Crippen molar-refractivity contribution in [2.45, 2.75) is 19.8 Å². The second-order valence-electron chi connectivity index (χ2n) is 6.74. The number of furan rings is 1. The molecular weight excluding hydrogens is 340 g/mol. The maximum Gasteiger partial charge on any atom is 0.293 e. The highest BCUT2D eigenvalue weighted by Gasteiger charge is 2.27. The number of hydrogen-bond donors (Lipinski definition) is 1. The summed E-state index contributed by atoms with van der Waals surface area (Å²) in [6.45, 7) is 2.62. The van der Waals surface area contributed by atoms with E-state index in [0.717, 1.165) is 34.5 Å². The molecule has 1 aliphatic heterocycles. The Morgan fingerprint density at radius 3 is 2.78 bits per heavy atom. The van der Waals surface area contributed by atoms with Gasteiger partial charge in [-0.3, -0.25) is 9.59 Å². The largest absolute Gasteiger partial charge is 0.459 e. The van der Waals surface area contributed by atoms with Crippen LogP contribution in [0.5, 0.6) is 0 Å². The first-order chi connectivity index (χ1) is 13.1. The summed E-state index contributed by atoms with van der Waals surface area (Å²) in [5, 5.41) is 2.95. The quantitative estimate of drug-likeness (QED) is 0.766. The van der Waals surface area contributed by atoms with Gasteiger partial charge in [0.1, 0.15) is 0 Å². The molecule has 0 unspecified atom stereocenters. The average Bonchev–Trinajstić information content (AvgIpc) is 3.31. The van der Waals surface area contributed by atoms with Crippen LogP contribution in [0.3, 0.4) is 0 Å². The van der Waals surface area contributed by atoms with Crippen LogP contribution < -0.4 is 10.2 Å². The Hall–Kier alpha value is -3.34. The number of carbonyl (C=O) groups is 2. The van der Waals surface area contributed by atoms with Gasteiger partial charge < -0.3 is 14.6 Å². The Labute approximate surface area is 157 Å². The average molecular weight is 360 g/mol. The third-order valence-corrected chi connectivity index (χ3v) is 4.68. The van der Waals surface area contributed by atoms with Gasteiger partial charge >= 0.3 is 0 Å². The van der Waals surface area contributed by atoms with Crippen molar-refractivity contribution >= 4 is 23.2 Å². The van der Waals surface area contributed by atoms with Crippen molar-refractivity contribution in [1.29, 1.82) is 0 Å². The zero-order valence-corrected chi connectivity index (χ0v) is 15.1. The maximum atomic E-state index is 12.5. The van der Waals surface area contributed by atoms with E-state index < -0.39 is 0 Å². The summed E-state index contributed by atoms with van der Waals surface area (Å²) in [7, 11) is 0. The molecule has 0 radical (unpaired) electrons. The van der Waals surface area contributed by atoms with Gasteiger partial charge in [0.05, 0.1) is 12.7 Å². The Bertz CT molecular complexity index is 993. The van der Waals surface area contributed by atoms with Gasteiger partial charge in [-0.2, -0.15) is 0 Å². The molecule has 3 aromatic rings. The summed E-state index contributed by atoms with van der Waals surface area (Å²) in [6, 6.07) is 17.0. The smallest absolute Gasteiger partial charge is 0.293 e. The Morgan fingerprint density at radius 1 is 1.11 bits per heavy atom. The number of carbonyl (C=O) groups excluding carboxylic acids is 2.